The van der Waals surface area contributed by atoms with Gasteiger partial charge in [-0.2, -0.15) is 5.26 Å². The molecule has 1 saturated carbocycles. The molecular weight excluding hydrogens is 260 g/mol. The smallest absolute Gasteiger partial charge is 0.119 e. The van der Waals surface area contributed by atoms with E-state index in [2.05, 4.69) is 44.3 Å². The SMILES string of the molecule is Cc1ccc(OCCC2CCCC2(C#N)NC(C)C)cc1. The molecular formula is C18H26N2O. The van der Waals surface area contributed by atoms with Gasteiger partial charge in [0.1, 0.15) is 11.3 Å². The molecule has 1 aliphatic carbocycles. The van der Waals surface area contributed by atoms with Crippen molar-refractivity contribution in [2.24, 2.45) is 5.92 Å². The molecule has 0 heterocycles. The third-order valence-electron chi connectivity index (χ3n) is 4.32. The molecule has 0 spiro atoms. The number of nitriles is 1. The third kappa shape index (κ3) is 3.98. The molecule has 1 aromatic rings. The van der Waals surface area contributed by atoms with Crippen molar-refractivity contribution in [1.82, 2.24) is 5.32 Å². The summed E-state index contributed by atoms with van der Waals surface area (Å²) in [5.74, 6) is 1.30. The van der Waals surface area contributed by atoms with Gasteiger partial charge in [0, 0.05) is 6.04 Å². The largest absolute Gasteiger partial charge is 0.494 e. The van der Waals surface area contributed by atoms with E-state index in [1.807, 2.05) is 12.1 Å². The van der Waals surface area contributed by atoms with E-state index in [-0.39, 0.29) is 5.54 Å². The summed E-state index contributed by atoms with van der Waals surface area (Å²) in [5.41, 5.74) is 0.882. The monoisotopic (exact) mass is 286 g/mol. The molecule has 1 N–H and O–H groups in total. The van der Waals surface area contributed by atoms with Crippen molar-refractivity contribution in [2.45, 2.75) is 58.0 Å². The topological polar surface area (TPSA) is 45.0 Å². The van der Waals surface area contributed by atoms with Crippen molar-refractivity contribution in [3.8, 4) is 11.8 Å². The van der Waals surface area contributed by atoms with Crippen molar-refractivity contribution in [1.29, 1.82) is 5.26 Å². The Hall–Kier alpha value is -1.53. The van der Waals surface area contributed by atoms with Gasteiger partial charge in [-0.1, -0.05) is 24.1 Å². The second-order valence-corrected chi connectivity index (χ2v) is 6.42. The highest BCUT2D eigenvalue weighted by molar-refractivity contribution is 5.26. The van der Waals surface area contributed by atoms with Gasteiger partial charge in [-0.15, -0.1) is 0 Å². The van der Waals surface area contributed by atoms with Crippen LogP contribution < -0.4 is 10.1 Å². The standard InChI is InChI=1S/C18H26N2O/c1-14(2)20-18(13-19)11-4-5-16(18)10-12-21-17-8-6-15(3)7-9-17/h6-9,14,16,20H,4-5,10-12H2,1-3H3. The maximum Gasteiger partial charge on any atom is 0.119 e. The average Bonchev–Trinajstić information content (AvgIpc) is 2.84. The van der Waals surface area contributed by atoms with Gasteiger partial charge < -0.3 is 4.74 Å². The Kier molecular flexibility index (Phi) is 5.25. The van der Waals surface area contributed by atoms with Gasteiger partial charge in [0.2, 0.25) is 0 Å². The molecule has 21 heavy (non-hydrogen) atoms. The second-order valence-electron chi connectivity index (χ2n) is 6.42. The van der Waals surface area contributed by atoms with Gasteiger partial charge in [-0.3, -0.25) is 5.32 Å². The zero-order valence-electron chi connectivity index (χ0n) is 13.4. The van der Waals surface area contributed by atoms with E-state index in [9.17, 15) is 5.26 Å². The first kappa shape index (κ1) is 15.9. The Morgan fingerprint density at radius 1 is 1.38 bits per heavy atom. The van der Waals surface area contributed by atoms with Crippen LogP contribution in [0, 0.1) is 24.2 Å². The van der Waals surface area contributed by atoms with E-state index in [0.29, 0.717) is 18.6 Å². The number of benzene rings is 1. The average molecular weight is 286 g/mol. The van der Waals surface area contributed by atoms with Crippen molar-refractivity contribution < 1.29 is 4.74 Å². The van der Waals surface area contributed by atoms with Crippen LogP contribution >= 0.6 is 0 Å². The van der Waals surface area contributed by atoms with Crippen LogP contribution in [0.4, 0.5) is 0 Å². The van der Waals surface area contributed by atoms with Gasteiger partial charge >= 0.3 is 0 Å². The summed E-state index contributed by atoms with van der Waals surface area (Å²) in [4.78, 5) is 0. The molecule has 2 atom stereocenters. The number of hydrogen-bond acceptors (Lipinski definition) is 3. The lowest BCUT2D eigenvalue weighted by molar-refractivity contribution is 0.225. The summed E-state index contributed by atoms with van der Waals surface area (Å²) in [6.45, 7) is 6.96. The molecule has 0 saturated heterocycles. The van der Waals surface area contributed by atoms with Crippen LogP contribution in [0.1, 0.15) is 45.1 Å². The first-order valence-electron chi connectivity index (χ1n) is 7.94. The minimum atomic E-state index is -0.356. The highest BCUT2D eigenvalue weighted by atomic mass is 16.5. The molecule has 114 valence electrons. The van der Waals surface area contributed by atoms with Crippen molar-refractivity contribution >= 4 is 0 Å². The van der Waals surface area contributed by atoms with Crippen LogP contribution in [-0.4, -0.2) is 18.2 Å². The Balaban J connectivity index is 1.89. The van der Waals surface area contributed by atoms with E-state index in [1.165, 1.54) is 5.56 Å². The zero-order chi connectivity index (χ0) is 15.3. The van der Waals surface area contributed by atoms with Gasteiger partial charge in [-0.05, 0) is 58.1 Å². The maximum absolute atomic E-state index is 9.63. The lowest BCUT2D eigenvalue weighted by Crippen LogP contribution is -2.50. The van der Waals surface area contributed by atoms with E-state index in [1.54, 1.807) is 0 Å². The van der Waals surface area contributed by atoms with E-state index in [0.717, 1.165) is 31.4 Å². The van der Waals surface area contributed by atoms with Crippen LogP contribution in [-0.2, 0) is 0 Å². The summed E-state index contributed by atoms with van der Waals surface area (Å²) in [6.07, 6.45) is 4.13. The van der Waals surface area contributed by atoms with Crippen LogP contribution in [0.15, 0.2) is 24.3 Å². The molecule has 0 aliphatic heterocycles. The van der Waals surface area contributed by atoms with Crippen molar-refractivity contribution in [3.05, 3.63) is 29.8 Å². The number of nitrogens with one attached hydrogen (secondary N) is 1. The minimum Gasteiger partial charge on any atom is -0.494 e. The second kappa shape index (κ2) is 6.95. The summed E-state index contributed by atoms with van der Waals surface area (Å²) in [5, 5.41) is 13.1. The van der Waals surface area contributed by atoms with Gasteiger partial charge in [0.15, 0.2) is 0 Å². The predicted octanol–water partition coefficient (Wildman–Crippen LogP) is 3.82. The van der Waals surface area contributed by atoms with Gasteiger partial charge in [0.25, 0.3) is 0 Å². The molecule has 0 bridgehead atoms. The summed E-state index contributed by atoms with van der Waals surface area (Å²) >= 11 is 0. The van der Waals surface area contributed by atoms with E-state index < -0.39 is 0 Å². The summed E-state index contributed by atoms with van der Waals surface area (Å²) in [7, 11) is 0. The normalized spacial score (nSPS) is 25.0. The van der Waals surface area contributed by atoms with Crippen molar-refractivity contribution in [2.75, 3.05) is 6.61 Å². The Labute approximate surface area is 128 Å². The molecule has 1 aromatic carbocycles. The van der Waals surface area contributed by atoms with Crippen LogP contribution in [0.2, 0.25) is 0 Å². The first-order chi connectivity index (χ1) is 10.1. The number of hydrogen-bond donors (Lipinski definition) is 1. The van der Waals surface area contributed by atoms with Gasteiger partial charge in [-0.25, -0.2) is 0 Å². The Bertz CT molecular complexity index is 489. The molecule has 2 unspecified atom stereocenters. The fourth-order valence-corrected chi connectivity index (χ4v) is 3.31. The fraction of sp³-hybridized carbons (Fsp3) is 0.611. The Morgan fingerprint density at radius 2 is 2.10 bits per heavy atom. The molecule has 2 rings (SSSR count). The highest BCUT2D eigenvalue weighted by Gasteiger charge is 2.43. The maximum atomic E-state index is 9.63. The van der Waals surface area contributed by atoms with Crippen molar-refractivity contribution in [3.63, 3.8) is 0 Å². The molecule has 3 heteroatoms. The van der Waals surface area contributed by atoms with Gasteiger partial charge in [0.05, 0.1) is 12.7 Å². The number of nitrogens with zero attached hydrogens (tertiary/aromatic N) is 1. The minimum absolute atomic E-state index is 0.336. The molecule has 0 aromatic heterocycles. The zero-order valence-corrected chi connectivity index (χ0v) is 13.4. The first-order valence-corrected chi connectivity index (χ1v) is 7.94. The molecule has 1 fully saturated rings. The Morgan fingerprint density at radius 3 is 2.71 bits per heavy atom. The highest BCUT2D eigenvalue weighted by Crippen LogP contribution is 2.38. The fourth-order valence-electron chi connectivity index (χ4n) is 3.31. The quantitative estimate of drug-likeness (QED) is 0.864. The summed E-state index contributed by atoms with van der Waals surface area (Å²) < 4.78 is 5.83. The van der Waals surface area contributed by atoms with Crippen LogP contribution in [0.25, 0.3) is 0 Å². The van der Waals surface area contributed by atoms with E-state index in [4.69, 9.17) is 4.74 Å². The number of aryl methyl sites for hydroxylation is 1. The molecule has 0 radical (unpaired) electrons. The molecule has 0 amide bonds. The lowest BCUT2D eigenvalue weighted by Gasteiger charge is -2.32. The third-order valence-corrected chi connectivity index (χ3v) is 4.32. The molecule has 1 aliphatic rings. The lowest BCUT2D eigenvalue weighted by atomic mass is 9.85. The molecule has 3 nitrogen and oxygen atoms in total. The number of ether oxygens (including phenoxy) is 1. The van der Waals surface area contributed by atoms with Crippen LogP contribution in [0.5, 0.6) is 5.75 Å². The van der Waals surface area contributed by atoms with Crippen LogP contribution in [0.3, 0.4) is 0 Å². The van der Waals surface area contributed by atoms with E-state index >= 15 is 0 Å². The predicted molar refractivity (Wildman–Crippen MR) is 85.2 cm³/mol. The summed E-state index contributed by atoms with van der Waals surface area (Å²) in [6, 6.07) is 11.0. The number of rotatable bonds is 6.